The van der Waals surface area contributed by atoms with E-state index in [0.717, 1.165) is 53.7 Å². The van der Waals surface area contributed by atoms with Gasteiger partial charge in [-0.1, -0.05) is 6.07 Å². The number of anilines is 1. The van der Waals surface area contributed by atoms with Gasteiger partial charge in [0.05, 0.1) is 23.3 Å². The first-order valence-electron chi connectivity index (χ1n) is 11.1. The smallest absolute Gasteiger partial charge is 0.168 e. The number of benzene rings is 2. The molecule has 0 saturated carbocycles. The summed E-state index contributed by atoms with van der Waals surface area (Å²) in [7, 11) is 0. The number of pyridine rings is 1. The molecule has 2 aromatic carbocycles. The summed E-state index contributed by atoms with van der Waals surface area (Å²) in [5.41, 5.74) is 10.4. The summed E-state index contributed by atoms with van der Waals surface area (Å²) >= 11 is 0. The zero-order valence-electron chi connectivity index (χ0n) is 18.2. The van der Waals surface area contributed by atoms with E-state index in [9.17, 15) is 4.79 Å². The Bertz CT molecular complexity index is 1280. The molecule has 2 aromatic heterocycles. The Labute approximate surface area is 192 Å². The van der Waals surface area contributed by atoms with Crippen molar-refractivity contribution in [2.75, 3.05) is 18.8 Å². The molecule has 7 heteroatoms. The van der Waals surface area contributed by atoms with Gasteiger partial charge in [0.1, 0.15) is 11.9 Å². The van der Waals surface area contributed by atoms with E-state index in [1.807, 2.05) is 54.6 Å². The lowest BCUT2D eigenvalue weighted by Gasteiger charge is -2.23. The first-order valence-corrected chi connectivity index (χ1v) is 11.1. The number of carbonyl (C=O) groups is 1. The molecule has 0 aliphatic carbocycles. The topological polar surface area (TPSA) is 103 Å². The molecule has 166 valence electrons. The van der Waals surface area contributed by atoms with Gasteiger partial charge in [-0.05, 0) is 80.0 Å². The molecule has 5 rings (SSSR count). The van der Waals surface area contributed by atoms with Crippen molar-refractivity contribution in [1.82, 2.24) is 20.5 Å². The Morgan fingerprint density at radius 1 is 0.970 bits per heavy atom. The molecule has 0 spiro atoms. The quantitative estimate of drug-likeness (QED) is 0.440. The molecule has 4 aromatic rings. The number of fused-ring (bicyclic) bond motifs is 1. The maximum absolute atomic E-state index is 12.8. The number of rotatable bonds is 6. The number of hydrogen-bond donors (Lipinski definition) is 2. The maximum Gasteiger partial charge on any atom is 0.168 e. The lowest BCUT2D eigenvalue weighted by Crippen LogP contribution is -2.34. The van der Waals surface area contributed by atoms with Crippen LogP contribution in [0, 0.1) is 0 Å². The summed E-state index contributed by atoms with van der Waals surface area (Å²) in [6, 6.07) is 17.1. The van der Waals surface area contributed by atoms with Crippen LogP contribution < -0.4 is 15.8 Å². The van der Waals surface area contributed by atoms with Crippen LogP contribution in [-0.4, -0.2) is 40.2 Å². The number of nitrogens with one attached hydrogen (secondary N) is 1. The van der Waals surface area contributed by atoms with Gasteiger partial charge in [-0.15, -0.1) is 0 Å². The standard InChI is InChI=1S/C26H25N5O2/c27-21-12-20(15-29-16-21)18-3-6-25-19(11-18)13-22(30-31-25)14-26(32)17-1-4-23(5-2-17)33-24-7-9-28-10-8-24/h1-6,11-13,15-16,24,28H,7-10,14,27H2. The summed E-state index contributed by atoms with van der Waals surface area (Å²) in [4.78, 5) is 17.0. The Morgan fingerprint density at radius 2 is 1.79 bits per heavy atom. The van der Waals surface area contributed by atoms with Crippen molar-refractivity contribution < 1.29 is 9.53 Å². The van der Waals surface area contributed by atoms with Gasteiger partial charge in [-0.2, -0.15) is 10.2 Å². The maximum atomic E-state index is 12.8. The molecule has 0 unspecified atom stereocenters. The molecule has 1 aliphatic heterocycles. The van der Waals surface area contributed by atoms with Gasteiger partial charge in [0.2, 0.25) is 0 Å². The van der Waals surface area contributed by atoms with Gasteiger partial charge in [-0.3, -0.25) is 9.78 Å². The van der Waals surface area contributed by atoms with Gasteiger partial charge in [0.25, 0.3) is 0 Å². The Kier molecular flexibility index (Phi) is 5.95. The summed E-state index contributed by atoms with van der Waals surface area (Å²) in [5, 5.41) is 12.8. The van der Waals surface area contributed by atoms with Crippen molar-refractivity contribution in [1.29, 1.82) is 0 Å². The zero-order valence-corrected chi connectivity index (χ0v) is 18.2. The second-order valence-corrected chi connectivity index (χ2v) is 8.31. The number of ether oxygens (including phenoxy) is 1. The summed E-state index contributed by atoms with van der Waals surface area (Å²) in [6.07, 6.45) is 5.80. The third-order valence-electron chi connectivity index (χ3n) is 5.84. The normalized spacial score (nSPS) is 14.3. The first kappa shape index (κ1) is 21.0. The second-order valence-electron chi connectivity index (χ2n) is 8.31. The number of nitrogens with two attached hydrogens (primary N) is 1. The third-order valence-corrected chi connectivity index (χ3v) is 5.84. The third kappa shape index (κ3) is 4.99. The highest BCUT2D eigenvalue weighted by atomic mass is 16.5. The van der Waals surface area contributed by atoms with Crippen LogP contribution in [0.15, 0.2) is 67.0 Å². The molecule has 33 heavy (non-hydrogen) atoms. The number of ketones is 1. The van der Waals surface area contributed by atoms with Gasteiger partial charge in [-0.25, -0.2) is 0 Å². The van der Waals surface area contributed by atoms with Crippen molar-refractivity contribution in [3.05, 3.63) is 78.2 Å². The SMILES string of the molecule is Nc1cncc(-c2ccc3nnc(CC(=O)c4ccc(OC5CCNCC5)cc4)cc3c2)c1. The van der Waals surface area contributed by atoms with Crippen LogP contribution in [0.5, 0.6) is 5.75 Å². The highest BCUT2D eigenvalue weighted by Crippen LogP contribution is 2.25. The number of nitrogens with zero attached hydrogens (tertiary/aromatic N) is 3. The Hall–Kier alpha value is -3.84. The highest BCUT2D eigenvalue weighted by Gasteiger charge is 2.15. The Balaban J connectivity index is 1.30. The molecule has 0 radical (unpaired) electrons. The van der Waals surface area contributed by atoms with Crippen molar-refractivity contribution in [2.24, 2.45) is 0 Å². The van der Waals surface area contributed by atoms with Crippen LogP contribution in [0.25, 0.3) is 22.0 Å². The Morgan fingerprint density at radius 3 is 2.58 bits per heavy atom. The van der Waals surface area contributed by atoms with Gasteiger partial charge < -0.3 is 15.8 Å². The molecule has 1 saturated heterocycles. The predicted molar refractivity (Wildman–Crippen MR) is 128 cm³/mol. The number of aromatic nitrogens is 3. The molecular weight excluding hydrogens is 414 g/mol. The molecule has 0 bridgehead atoms. The van der Waals surface area contributed by atoms with Crippen molar-refractivity contribution in [3.63, 3.8) is 0 Å². The van der Waals surface area contributed by atoms with E-state index in [0.29, 0.717) is 16.9 Å². The van der Waals surface area contributed by atoms with Crippen LogP contribution in [-0.2, 0) is 6.42 Å². The lowest BCUT2D eigenvalue weighted by atomic mass is 10.0. The van der Waals surface area contributed by atoms with E-state index >= 15 is 0 Å². The van der Waals surface area contributed by atoms with Gasteiger partial charge in [0.15, 0.2) is 5.78 Å². The van der Waals surface area contributed by atoms with Gasteiger partial charge in [0, 0.05) is 28.9 Å². The number of hydrogen-bond acceptors (Lipinski definition) is 7. The van der Waals surface area contributed by atoms with Crippen LogP contribution in [0.1, 0.15) is 28.9 Å². The molecule has 3 N–H and O–H groups in total. The fourth-order valence-corrected chi connectivity index (χ4v) is 4.06. The minimum Gasteiger partial charge on any atom is -0.490 e. The summed E-state index contributed by atoms with van der Waals surface area (Å²) in [6.45, 7) is 1.96. The second kappa shape index (κ2) is 9.34. The number of carbonyl (C=O) groups excluding carboxylic acids is 1. The first-order chi connectivity index (χ1) is 16.1. The van der Waals surface area contributed by atoms with E-state index in [2.05, 4.69) is 20.5 Å². The van der Waals surface area contributed by atoms with Crippen LogP contribution in [0.4, 0.5) is 5.69 Å². The predicted octanol–water partition coefficient (Wildman–Crippen LogP) is 3.83. The average molecular weight is 440 g/mol. The number of nitrogen functional groups attached to an aromatic ring is 1. The molecule has 7 nitrogen and oxygen atoms in total. The van der Waals surface area contributed by atoms with Crippen molar-refractivity contribution in [3.8, 4) is 16.9 Å². The largest absolute Gasteiger partial charge is 0.490 e. The molecule has 3 heterocycles. The van der Waals surface area contributed by atoms with Crippen molar-refractivity contribution >= 4 is 22.4 Å². The zero-order chi connectivity index (χ0) is 22.6. The minimum absolute atomic E-state index is 0.00625. The van der Waals surface area contributed by atoms with E-state index in [1.54, 1.807) is 12.4 Å². The molecule has 0 atom stereocenters. The molecule has 0 amide bonds. The van der Waals surface area contributed by atoms with Crippen LogP contribution in [0.3, 0.4) is 0 Å². The van der Waals surface area contributed by atoms with E-state index in [-0.39, 0.29) is 18.3 Å². The molecule has 1 aliphatic rings. The van der Waals surface area contributed by atoms with Gasteiger partial charge >= 0.3 is 0 Å². The van der Waals surface area contributed by atoms with Crippen LogP contribution in [0.2, 0.25) is 0 Å². The summed E-state index contributed by atoms with van der Waals surface area (Å²) < 4.78 is 6.03. The van der Waals surface area contributed by atoms with E-state index in [1.165, 1.54) is 0 Å². The molecular formula is C26H25N5O2. The monoisotopic (exact) mass is 439 g/mol. The summed E-state index contributed by atoms with van der Waals surface area (Å²) in [5.74, 6) is 0.792. The highest BCUT2D eigenvalue weighted by molar-refractivity contribution is 5.97. The number of Topliss-reactive ketones (excluding diaryl/α,β-unsaturated/α-hetero) is 1. The van der Waals surface area contributed by atoms with Crippen LogP contribution >= 0.6 is 0 Å². The fraction of sp³-hybridized carbons (Fsp3) is 0.231. The van der Waals surface area contributed by atoms with Crippen molar-refractivity contribution in [2.45, 2.75) is 25.4 Å². The lowest BCUT2D eigenvalue weighted by molar-refractivity contribution is 0.0991. The van der Waals surface area contributed by atoms with E-state index in [4.69, 9.17) is 10.5 Å². The molecule has 1 fully saturated rings. The average Bonchev–Trinajstić information content (AvgIpc) is 2.85. The minimum atomic E-state index is -0.00625. The fourth-order valence-electron chi connectivity index (χ4n) is 4.06. The number of piperidine rings is 1. The van der Waals surface area contributed by atoms with E-state index < -0.39 is 0 Å².